The SMILES string of the molecule is CN=C(NCCCOC1CCOC1)NCCC(=O)Nc1ccc(Br)cc1.I. The molecule has 1 unspecified atom stereocenters. The van der Waals surface area contributed by atoms with Crippen molar-refractivity contribution in [3.05, 3.63) is 28.7 Å². The molecule has 1 aromatic rings. The molecule has 9 heteroatoms. The normalized spacial score (nSPS) is 16.5. The molecule has 1 heterocycles. The number of hydrogen-bond donors (Lipinski definition) is 3. The molecule has 1 amide bonds. The summed E-state index contributed by atoms with van der Waals surface area (Å²) in [5.74, 6) is 0.646. The minimum absolute atomic E-state index is 0. The number of halogens is 2. The Labute approximate surface area is 186 Å². The number of carbonyl (C=O) groups excluding carboxylic acids is 1. The number of ether oxygens (including phenoxy) is 2. The molecule has 152 valence electrons. The molecule has 1 aliphatic rings. The molecule has 0 saturated carbocycles. The second kappa shape index (κ2) is 14.1. The van der Waals surface area contributed by atoms with Crippen molar-refractivity contribution in [1.29, 1.82) is 0 Å². The summed E-state index contributed by atoms with van der Waals surface area (Å²) in [6, 6.07) is 7.50. The van der Waals surface area contributed by atoms with Crippen LogP contribution in [0.4, 0.5) is 5.69 Å². The van der Waals surface area contributed by atoms with Gasteiger partial charge in [0.25, 0.3) is 0 Å². The molecule has 1 fully saturated rings. The zero-order chi connectivity index (χ0) is 18.6. The molecule has 7 nitrogen and oxygen atoms in total. The number of nitrogens with one attached hydrogen (secondary N) is 3. The van der Waals surface area contributed by atoms with E-state index in [9.17, 15) is 4.79 Å². The minimum atomic E-state index is -0.0394. The first-order chi connectivity index (χ1) is 12.7. The van der Waals surface area contributed by atoms with E-state index < -0.39 is 0 Å². The molecule has 0 aromatic heterocycles. The first-order valence-electron chi connectivity index (χ1n) is 8.86. The quantitative estimate of drug-likeness (QED) is 0.189. The monoisotopic (exact) mass is 554 g/mol. The average Bonchev–Trinajstić information content (AvgIpc) is 3.15. The summed E-state index contributed by atoms with van der Waals surface area (Å²) in [6.45, 7) is 3.48. The van der Waals surface area contributed by atoms with Crippen LogP contribution < -0.4 is 16.0 Å². The summed E-state index contributed by atoms with van der Waals surface area (Å²) in [7, 11) is 1.71. The molecule has 0 spiro atoms. The van der Waals surface area contributed by atoms with E-state index in [0.717, 1.165) is 36.2 Å². The Hall–Kier alpha value is -0.910. The minimum Gasteiger partial charge on any atom is -0.379 e. The van der Waals surface area contributed by atoms with Crippen molar-refractivity contribution in [3.63, 3.8) is 0 Å². The van der Waals surface area contributed by atoms with E-state index in [4.69, 9.17) is 9.47 Å². The summed E-state index contributed by atoms with van der Waals surface area (Å²) in [6.07, 6.45) is 2.48. The summed E-state index contributed by atoms with van der Waals surface area (Å²) >= 11 is 3.37. The van der Waals surface area contributed by atoms with Gasteiger partial charge in [-0.15, -0.1) is 24.0 Å². The fraction of sp³-hybridized carbons (Fsp3) is 0.556. The molecule has 1 saturated heterocycles. The van der Waals surface area contributed by atoms with E-state index >= 15 is 0 Å². The third-order valence-corrected chi connectivity index (χ3v) is 4.38. The highest BCUT2D eigenvalue weighted by Crippen LogP contribution is 2.14. The maximum atomic E-state index is 11.9. The molecular weight excluding hydrogens is 527 g/mol. The van der Waals surface area contributed by atoms with Gasteiger partial charge in [-0.25, -0.2) is 0 Å². The molecule has 0 bridgehead atoms. The molecule has 0 radical (unpaired) electrons. The smallest absolute Gasteiger partial charge is 0.226 e. The van der Waals surface area contributed by atoms with E-state index in [0.29, 0.717) is 32.1 Å². The molecular formula is C18H28BrIN4O3. The number of aliphatic imine (C=N–C) groups is 1. The molecule has 3 N–H and O–H groups in total. The summed E-state index contributed by atoms with van der Waals surface area (Å²) in [5, 5.41) is 9.21. The average molecular weight is 555 g/mol. The predicted molar refractivity (Wildman–Crippen MR) is 122 cm³/mol. The summed E-state index contributed by atoms with van der Waals surface area (Å²) < 4.78 is 12.0. The third-order valence-electron chi connectivity index (χ3n) is 3.85. The number of hydrogen-bond acceptors (Lipinski definition) is 4. The van der Waals surface area contributed by atoms with Crippen LogP contribution in [-0.2, 0) is 14.3 Å². The van der Waals surface area contributed by atoms with Gasteiger partial charge in [-0.2, -0.15) is 0 Å². The van der Waals surface area contributed by atoms with Gasteiger partial charge < -0.3 is 25.4 Å². The van der Waals surface area contributed by atoms with E-state index in [1.807, 2.05) is 24.3 Å². The zero-order valence-corrected chi connectivity index (χ0v) is 19.4. The van der Waals surface area contributed by atoms with Gasteiger partial charge in [0.15, 0.2) is 5.96 Å². The van der Waals surface area contributed by atoms with Crippen molar-refractivity contribution in [1.82, 2.24) is 10.6 Å². The van der Waals surface area contributed by atoms with Crippen molar-refractivity contribution in [2.45, 2.75) is 25.4 Å². The first-order valence-corrected chi connectivity index (χ1v) is 9.66. The molecule has 1 atom stereocenters. The number of rotatable bonds is 9. The van der Waals surface area contributed by atoms with Crippen molar-refractivity contribution in [3.8, 4) is 0 Å². The lowest BCUT2D eigenvalue weighted by molar-refractivity contribution is -0.116. The van der Waals surface area contributed by atoms with E-state index in [2.05, 4.69) is 36.9 Å². The topological polar surface area (TPSA) is 84.0 Å². The highest BCUT2D eigenvalue weighted by Gasteiger charge is 2.15. The highest BCUT2D eigenvalue weighted by atomic mass is 127. The Morgan fingerprint density at radius 2 is 2.04 bits per heavy atom. The van der Waals surface area contributed by atoms with Crippen LogP contribution in [0.25, 0.3) is 0 Å². The fourth-order valence-electron chi connectivity index (χ4n) is 2.45. The number of guanidine groups is 1. The molecule has 27 heavy (non-hydrogen) atoms. The number of benzene rings is 1. The molecule has 0 aliphatic carbocycles. The van der Waals surface area contributed by atoms with Gasteiger partial charge in [0.05, 0.1) is 12.7 Å². The summed E-state index contributed by atoms with van der Waals surface area (Å²) in [5.41, 5.74) is 0.786. The van der Waals surface area contributed by atoms with Gasteiger partial charge in [0.1, 0.15) is 0 Å². The van der Waals surface area contributed by atoms with Gasteiger partial charge in [-0.05, 0) is 37.1 Å². The van der Waals surface area contributed by atoms with Crippen LogP contribution in [-0.4, -0.2) is 57.9 Å². The Bertz CT molecular complexity index is 580. The molecule has 2 rings (SSSR count). The van der Waals surface area contributed by atoms with Gasteiger partial charge in [0, 0.05) is 49.9 Å². The van der Waals surface area contributed by atoms with Crippen LogP contribution in [0.5, 0.6) is 0 Å². The largest absolute Gasteiger partial charge is 0.379 e. The lowest BCUT2D eigenvalue weighted by Gasteiger charge is -2.13. The Balaban J connectivity index is 0.00000364. The third kappa shape index (κ3) is 10.3. The lowest BCUT2D eigenvalue weighted by Crippen LogP contribution is -2.39. The van der Waals surface area contributed by atoms with Gasteiger partial charge >= 0.3 is 0 Å². The first kappa shape index (κ1) is 24.1. The van der Waals surface area contributed by atoms with Gasteiger partial charge in [-0.1, -0.05) is 15.9 Å². The fourth-order valence-corrected chi connectivity index (χ4v) is 2.71. The van der Waals surface area contributed by atoms with Crippen LogP contribution in [0.1, 0.15) is 19.3 Å². The van der Waals surface area contributed by atoms with E-state index in [1.165, 1.54) is 0 Å². The van der Waals surface area contributed by atoms with Crippen molar-refractivity contribution >= 4 is 57.5 Å². The van der Waals surface area contributed by atoms with Gasteiger partial charge in [0.2, 0.25) is 5.91 Å². The van der Waals surface area contributed by atoms with Crippen molar-refractivity contribution in [2.24, 2.45) is 4.99 Å². The molecule has 1 aromatic carbocycles. The van der Waals surface area contributed by atoms with Crippen LogP contribution in [0.3, 0.4) is 0 Å². The standard InChI is InChI=1S/C18H27BrN4O3.HI/c1-20-18(21-9-2-11-26-16-8-12-25-13-16)22-10-7-17(24)23-15-5-3-14(19)4-6-15;/h3-6,16H,2,7-13H2,1H3,(H,23,24)(H2,20,21,22);1H. The zero-order valence-electron chi connectivity index (χ0n) is 15.5. The Morgan fingerprint density at radius 1 is 1.30 bits per heavy atom. The predicted octanol–water partition coefficient (Wildman–Crippen LogP) is 2.76. The second-order valence-electron chi connectivity index (χ2n) is 5.94. The number of anilines is 1. The molecule has 1 aliphatic heterocycles. The van der Waals surface area contributed by atoms with Crippen molar-refractivity contribution < 1.29 is 14.3 Å². The summed E-state index contributed by atoms with van der Waals surface area (Å²) in [4.78, 5) is 16.1. The van der Waals surface area contributed by atoms with Crippen LogP contribution in [0, 0.1) is 0 Å². The number of carbonyl (C=O) groups is 1. The Morgan fingerprint density at radius 3 is 2.70 bits per heavy atom. The number of nitrogens with zero attached hydrogens (tertiary/aromatic N) is 1. The van der Waals surface area contributed by atoms with E-state index in [-0.39, 0.29) is 36.0 Å². The maximum Gasteiger partial charge on any atom is 0.226 e. The lowest BCUT2D eigenvalue weighted by atomic mass is 10.3. The maximum absolute atomic E-state index is 11.9. The van der Waals surface area contributed by atoms with Crippen LogP contribution in [0.2, 0.25) is 0 Å². The highest BCUT2D eigenvalue weighted by molar-refractivity contribution is 14.0. The van der Waals surface area contributed by atoms with Gasteiger partial charge in [-0.3, -0.25) is 9.79 Å². The van der Waals surface area contributed by atoms with Crippen LogP contribution >= 0.6 is 39.9 Å². The van der Waals surface area contributed by atoms with Crippen LogP contribution in [0.15, 0.2) is 33.7 Å². The second-order valence-corrected chi connectivity index (χ2v) is 6.86. The number of amides is 1. The van der Waals surface area contributed by atoms with E-state index in [1.54, 1.807) is 7.05 Å². The Kier molecular flexibility index (Phi) is 12.6. The van der Waals surface area contributed by atoms with Crippen molar-refractivity contribution in [2.75, 3.05) is 45.3 Å².